The van der Waals surface area contributed by atoms with E-state index >= 15 is 0 Å². The fraction of sp³-hybridized carbons (Fsp3) is 0.643. The predicted molar refractivity (Wildman–Crippen MR) is 85.1 cm³/mol. The van der Waals surface area contributed by atoms with Gasteiger partial charge in [-0.25, -0.2) is 4.98 Å². The van der Waals surface area contributed by atoms with Gasteiger partial charge in [0.15, 0.2) is 5.16 Å². The van der Waals surface area contributed by atoms with E-state index in [2.05, 4.69) is 11.9 Å². The van der Waals surface area contributed by atoms with Gasteiger partial charge in [0.1, 0.15) is 5.25 Å². The quantitative estimate of drug-likeness (QED) is 0.469. The van der Waals surface area contributed by atoms with E-state index in [1.54, 1.807) is 25.7 Å². The highest BCUT2D eigenvalue weighted by Crippen LogP contribution is 2.34. The number of ether oxygens (including phenoxy) is 1. The Hall–Kier alpha value is -0.950. The zero-order valence-electron chi connectivity index (χ0n) is 12.7. The molecule has 5 nitrogen and oxygen atoms in total. The van der Waals surface area contributed by atoms with Gasteiger partial charge in [-0.2, -0.15) is 0 Å². The Morgan fingerprint density at radius 3 is 2.90 bits per heavy atom. The molecule has 0 aliphatic carbocycles. The van der Waals surface area contributed by atoms with Crippen molar-refractivity contribution in [2.75, 3.05) is 6.61 Å². The molecule has 1 aromatic heterocycles. The minimum atomic E-state index is -0.326. The first-order valence-corrected chi connectivity index (χ1v) is 8.83. The molecule has 0 N–H and O–H groups in total. The van der Waals surface area contributed by atoms with E-state index in [4.69, 9.17) is 4.74 Å². The molecule has 0 saturated heterocycles. The van der Waals surface area contributed by atoms with Crippen LogP contribution in [0.4, 0.5) is 0 Å². The summed E-state index contributed by atoms with van der Waals surface area (Å²) in [6.45, 7) is 6.17. The van der Waals surface area contributed by atoms with Gasteiger partial charge in [0.05, 0.1) is 17.2 Å². The molecule has 0 amide bonds. The third-order valence-corrected chi connectivity index (χ3v) is 5.85. The summed E-state index contributed by atoms with van der Waals surface area (Å²) in [7, 11) is 1.71. The molecular weight excluding hydrogens is 308 g/mol. The number of carbonyl (C=O) groups excluding carboxylic acids is 1. The Bertz CT molecular complexity index is 601. The lowest BCUT2D eigenvalue weighted by atomic mass is 10.2. The second-order valence-electron chi connectivity index (χ2n) is 4.93. The fourth-order valence-corrected chi connectivity index (χ4v) is 4.28. The predicted octanol–water partition coefficient (Wildman–Crippen LogP) is 2.25. The minimum Gasteiger partial charge on any atom is -0.465 e. The van der Waals surface area contributed by atoms with Crippen LogP contribution in [-0.4, -0.2) is 32.6 Å². The summed E-state index contributed by atoms with van der Waals surface area (Å²) in [5.74, 6) is -0.248. The molecule has 0 aromatic carbocycles. The number of hydrogen-bond donors (Lipinski definition) is 0. The fourth-order valence-electron chi connectivity index (χ4n) is 2.14. The standard InChI is InChI=1S/C14H20N2O3S2/c1-5-10(13(18)19-6-2)21-14-15-9-7-8(3)20-11(9)12(17)16(14)4/h8,10H,5-7H2,1-4H3/t8-,10-/m1/s1. The van der Waals surface area contributed by atoms with Gasteiger partial charge in [0.2, 0.25) is 0 Å². The highest BCUT2D eigenvalue weighted by molar-refractivity contribution is 8.00. The van der Waals surface area contributed by atoms with Crippen molar-refractivity contribution in [1.82, 2.24) is 9.55 Å². The van der Waals surface area contributed by atoms with E-state index in [1.807, 2.05) is 6.92 Å². The Morgan fingerprint density at radius 2 is 2.29 bits per heavy atom. The Balaban J connectivity index is 2.29. The van der Waals surface area contributed by atoms with Crippen molar-refractivity contribution in [2.45, 2.75) is 54.2 Å². The smallest absolute Gasteiger partial charge is 0.319 e. The minimum absolute atomic E-state index is 0.0180. The number of thioether (sulfide) groups is 2. The number of fused-ring (bicyclic) bond motifs is 1. The van der Waals surface area contributed by atoms with Gasteiger partial charge in [-0.15, -0.1) is 11.8 Å². The zero-order valence-corrected chi connectivity index (χ0v) is 14.3. The van der Waals surface area contributed by atoms with Crippen LogP contribution in [0.25, 0.3) is 0 Å². The number of nitrogens with zero attached hydrogens (tertiary/aromatic N) is 2. The third kappa shape index (κ3) is 3.45. The lowest BCUT2D eigenvalue weighted by Gasteiger charge is -2.15. The van der Waals surface area contributed by atoms with E-state index in [0.29, 0.717) is 23.4 Å². The second-order valence-corrected chi connectivity index (χ2v) is 7.55. The largest absolute Gasteiger partial charge is 0.465 e. The SMILES string of the molecule is CCOC(=O)[C@@H](CC)Sc1nc2c(c(=O)n1C)S[C@H](C)C2. The lowest BCUT2D eigenvalue weighted by Crippen LogP contribution is -2.25. The van der Waals surface area contributed by atoms with Crippen LogP contribution in [0.1, 0.15) is 32.9 Å². The van der Waals surface area contributed by atoms with E-state index in [9.17, 15) is 9.59 Å². The monoisotopic (exact) mass is 328 g/mol. The topological polar surface area (TPSA) is 61.2 Å². The maximum absolute atomic E-state index is 12.4. The van der Waals surface area contributed by atoms with Crippen LogP contribution in [0.3, 0.4) is 0 Å². The third-order valence-electron chi connectivity index (χ3n) is 3.25. The molecule has 0 fully saturated rings. The first kappa shape index (κ1) is 16.4. The van der Waals surface area contributed by atoms with Gasteiger partial charge in [0.25, 0.3) is 5.56 Å². The molecule has 2 heterocycles. The molecule has 1 aromatic rings. The molecular formula is C14H20N2O3S2. The normalized spacial score (nSPS) is 18.4. The molecule has 0 unspecified atom stereocenters. The van der Waals surface area contributed by atoms with Crippen LogP contribution in [0.15, 0.2) is 14.8 Å². The molecule has 7 heteroatoms. The second kappa shape index (κ2) is 6.87. The Morgan fingerprint density at radius 1 is 1.57 bits per heavy atom. The van der Waals surface area contributed by atoms with Gasteiger partial charge < -0.3 is 4.74 Å². The van der Waals surface area contributed by atoms with Crippen molar-refractivity contribution in [3.8, 4) is 0 Å². The van der Waals surface area contributed by atoms with E-state index < -0.39 is 0 Å². The van der Waals surface area contributed by atoms with Crippen LogP contribution in [0.2, 0.25) is 0 Å². The van der Waals surface area contributed by atoms with Gasteiger partial charge in [-0.3, -0.25) is 14.2 Å². The molecule has 0 spiro atoms. The molecule has 0 radical (unpaired) electrons. The van der Waals surface area contributed by atoms with E-state index in [1.165, 1.54) is 16.3 Å². The molecule has 2 atom stereocenters. The number of carbonyl (C=O) groups is 1. The van der Waals surface area contributed by atoms with Gasteiger partial charge in [-0.1, -0.05) is 25.6 Å². The van der Waals surface area contributed by atoms with E-state index in [0.717, 1.165) is 17.0 Å². The first-order chi connectivity index (χ1) is 9.97. The molecule has 1 aliphatic rings. The molecule has 116 valence electrons. The van der Waals surface area contributed by atoms with Crippen molar-refractivity contribution >= 4 is 29.5 Å². The summed E-state index contributed by atoms with van der Waals surface area (Å²) in [6.07, 6.45) is 1.45. The zero-order chi connectivity index (χ0) is 15.6. The van der Waals surface area contributed by atoms with Crippen molar-refractivity contribution < 1.29 is 9.53 Å². The summed E-state index contributed by atoms with van der Waals surface area (Å²) < 4.78 is 6.61. The summed E-state index contributed by atoms with van der Waals surface area (Å²) in [4.78, 5) is 29.6. The molecule has 21 heavy (non-hydrogen) atoms. The van der Waals surface area contributed by atoms with Crippen LogP contribution < -0.4 is 5.56 Å². The number of rotatable bonds is 5. The van der Waals surface area contributed by atoms with Crippen LogP contribution in [0, 0.1) is 0 Å². The van der Waals surface area contributed by atoms with E-state index in [-0.39, 0.29) is 16.8 Å². The summed E-state index contributed by atoms with van der Waals surface area (Å²) >= 11 is 2.90. The van der Waals surface area contributed by atoms with Gasteiger partial charge in [0, 0.05) is 18.7 Å². The summed E-state index contributed by atoms with van der Waals surface area (Å²) in [6, 6.07) is 0. The first-order valence-electron chi connectivity index (χ1n) is 7.07. The highest BCUT2D eigenvalue weighted by Gasteiger charge is 2.27. The van der Waals surface area contributed by atoms with Crippen molar-refractivity contribution in [3.63, 3.8) is 0 Å². The maximum Gasteiger partial charge on any atom is 0.319 e. The van der Waals surface area contributed by atoms with Gasteiger partial charge in [-0.05, 0) is 13.3 Å². The molecule has 1 aliphatic heterocycles. The lowest BCUT2D eigenvalue weighted by molar-refractivity contribution is -0.142. The molecule has 2 rings (SSSR count). The average Bonchev–Trinajstić information content (AvgIpc) is 2.82. The summed E-state index contributed by atoms with van der Waals surface area (Å²) in [5.41, 5.74) is 0.840. The van der Waals surface area contributed by atoms with Crippen molar-refractivity contribution in [3.05, 3.63) is 16.0 Å². The molecule has 0 saturated carbocycles. The molecule has 0 bridgehead atoms. The van der Waals surface area contributed by atoms with Gasteiger partial charge >= 0.3 is 5.97 Å². The summed E-state index contributed by atoms with van der Waals surface area (Å²) in [5, 5.41) is 0.647. The van der Waals surface area contributed by atoms with Crippen LogP contribution in [-0.2, 0) is 23.0 Å². The van der Waals surface area contributed by atoms with Crippen molar-refractivity contribution in [1.29, 1.82) is 0 Å². The number of esters is 1. The van der Waals surface area contributed by atoms with Crippen molar-refractivity contribution in [2.24, 2.45) is 7.05 Å². The number of aromatic nitrogens is 2. The Kier molecular flexibility index (Phi) is 5.37. The number of hydrogen-bond acceptors (Lipinski definition) is 6. The Labute approximate surface area is 132 Å². The van der Waals surface area contributed by atoms with Crippen LogP contribution >= 0.6 is 23.5 Å². The average molecular weight is 328 g/mol. The maximum atomic E-state index is 12.4. The highest BCUT2D eigenvalue weighted by atomic mass is 32.2. The van der Waals surface area contributed by atoms with Crippen LogP contribution in [0.5, 0.6) is 0 Å².